The van der Waals surface area contributed by atoms with Gasteiger partial charge < -0.3 is 10.2 Å². The minimum absolute atomic E-state index is 0.898. The summed E-state index contributed by atoms with van der Waals surface area (Å²) in [6.45, 7) is 10.8. The van der Waals surface area contributed by atoms with E-state index in [1.807, 2.05) is 0 Å². The summed E-state index contributed by atoms with van der Waals surface area (Å²) in [5.74, 6) is 0.960. The number of anilines is 1. The number of pyridine rings is 1. The second-order valence-electron chi connectivity index (χ2n) is 7.61. The summed E-state index contributed by atoms with van der Waals surface area (Å²) in [6.07, 6.45) is 8.82. The van der Waals surface area contributed by atoms with Gasteiger partial charge >= 0.3 is 0 Å². The lowest BCUT2D eigenvalue weighted by molar-refractivity contribution is 0.316. The smallest absolute Gasteiger partial charge is 0.147 e. The summed E-state index contributed by atoms with van der Waals surface area (Å²) < 4.78 is 1.16. The van der Waals surface area contributed by atoms with Crippen LogP contribution in [0.1, 0.15) is 56.9 Å². The van der Waals surface area contributed by atoms with Crippen molar-refractivity contribution < 1.29 is 0 Å². The first-order valence-electron chi connectivity index (χ1n) is 10.8. The van der Waals surface area contributed by atoms with Crippen LogP contribution in [0.5, 0.6) is 0 Å². The van der Waals surface area contributed by atoms with E-state index >= 15 is 0 Å². The van der Waals surface area contributed by atoms with Crippen LogP contribution >= 0.6 is 11.3 Å². The molecule has 4 rings (SSSR count). The molecular formula is C22H31N5S. The SMILES string of the molecule is CCCCc1nc2sc3c(NCCN(CC)CC)ncnc3c2c2c1CCC2. The Morgan fingerprint density at radius 3 is 2.71 bits per heavy atom. The van der Waals surface area contributed by atoms with E-state index in [1.54, 1.807) is 17.7 Å². The average Bonchev–Trinajstić information content (AvgIpc) is 3.34. The molecule has 0 atom stereocenters. The van der Waals surface area contributed by atoms with Crippen molar-refractivity contribution in [2.75, 3.05) is 31.5 Å². The molecule has 0 radical (unpaired) electrons. The number of hydrogen-bond acceptors (Lipinski definition) is 6. The van der Waals surface area contributed by atoms with Crippen molar-refractivity contribution in [2.24, 2.45) is 0 Å². The summed E-state index contributed by atoms with van der Waals surface area (Å²) in [5.41, 5.74) is 5.44. The van der Waals surface area contributed by atoms with Gasteiger partial charge in [0, 0.05) is 24.2 Å². The van der Waals surface area contributed by atoms with Crippen molar-refractivity contribution in [1.29, 1.82) is 0 Å². The molecule has 3 aromatic rings. The van der Waals surface area contributed by atoms with E-state index in [0.29, 0.717) is 0 Å². The fourth-order valence-electron chi connectivity index (χ4n) is 4.33. The number of unbranched alkanes of at least 4 members (excludes halogenated alkanes) is 1. The van der Waals surface area contributed by atoms with E-state index in [4.69, 9.17) is 4.98 Å². The second-order valence-corrected chi connectivity index (χ2v) is 8.61. The number of thiophene rings is 1. The van der Waals surface area contributed by atoms with Crippen molar-refractivity contribution in [3.63, 3.8) is 0 Å². The maximum Gasteiger partial charge on any atom is 0.147 e. The molecule has 0 saturated heterocycles. The van der Waals surface area contributed by atoms with Gasteiger partial charge in [0.1, 0.15) is 17.0 Å². The predicted molar refractivity (Wildman–Crippen MR) is 120 cm³/mol. The fourth-order valence-corrected chi connectivity index (χ4v) is 5.47. The zero-order chi connectivity index (χ0) is 19.5. The van der Waals surface area contributed by atoms with Gasteiger partial charge in [-0.2, -0.15) is 0 Å². The third-order valence-corrected chi connectivity index (χ3v) is 7.02. The normalized spacial score (nSPS) is 13.7. The highest BCUT2D eigenvalue weighted by Gasteiger charge is 2.24. The molecule has 3 heterocycles. The molecule has 5 nitrogen and oxygen atoms in total. The van der Waals surface area contributed by atoms with E-state index in [0.717, 1.165) is 59.9 Å². The van der Waals surface area contributed by atoms with Gasteiger partial charge in [0.05, 0.1) is 10.2 Å². The maximum atomic E-state index is 5.11. The van der Waals surface area contributed by atoms with E-state index in [-0.39, 0.29) is 0 Å². The lowest BCUT2D eigenvalue weighted by Gasteiger charge is -2.18. The first-order valence-corrected chi connectivity index (χ1v) is 11.6. The fraction of sp³-hybridized carbons (Fsp3) is 0.591. The van der Waals surface area contributed by atoms with Crippen LogP contribution in [0.4, 0.5) is 5.82 Å². The number of aromatic nitrogens is 3. The Kier molecular flexibility index (Phi) is 6.07. The molecule has 0 fully saturated rings. The molecule has 0 saturated carbocycles. The minimum Gasteiger partial charge on any atom is -0.367 e. The Morgan fingerprint density at radius 2 is 1.93 bits per heavy atom. The zero-order valence-electron chi connectivity index (χ0n) is 17.3. The molecule has 0 spiro atoms. The zero-order valence-corrected chi connectivity index (χ0v) is 18.2. The molecule has 1 N–H and O–H groups in total. The van der Waals surface area contributed by atoms with Gasteiger partial charge in [0.15, 0.2) is 0 Å². The lowest BCUT2D eigenvalue weighted by atomic mass is 10.0. The number of aryl methyl sites for hydroxylation is 2. The van der Waals surface area contributed by atoms with Gasteiger partial charge in [-0.05, 0) is 56.3 Å². The van der Waals surface area contributed by atoms with Crippen molar-refractivity contribution >= 4 is 37.6 Å². The quantitative estimate of drug-likeness (QED) is 0.561. The number of fused-ring (bicyclic) bond motifs is 5. The third-order valence-electron chi connectivity index (χ3n) is 5.94. The first-order chi connectivity index (χ1) is 13.8. The highest BCUT2D eigenvalue weighted by Crippen LogP contribution is 2.41. The number of nitrogens with zero attached hydrogens (tertiary/aromatic N) is 4. The van der Waals surface area contributed by atoms with Gasteiger partial charge in [0.2, 0.25) is 0 Å². The minimum atomic E-state index is 0.898. The van der Waals surface area contributed by atoms with Gasteiger partial charge in [-0.1, -0.05) is 27.2 Å². The van der Waals surface area contributed by atoms with E-state index in [2.05, 4.69) is 41.0 Å². The van der Waals surface area contributed by atoms with Crippen LogP contribution in [-0.2, 0) is 19.3 Å². The predicted octanol–water partition coefficient (Wildman–Crippen LogP) is 4.82. The van der Waals surface area contributed by atoms with Gasteiger partial charge in [0.25, 0.3) is 0 Å². The first kappa shape index (κ1) is 19.5. The Balaban J connectivity index is 1.71. The van der Waals surface area contributed by atoms with E-state index < -0.39 is 0 Å². The van der Waals surface area contributed by atoms with E-state index in [9.17, 15) is 0 Å². The largest absolute Gasteiger partial charge is 0.367 e. The Hall–Kier alpha value is -1.79. The molecule has 1 aliphatic rings. The molecular weight excluding hydrogens is 366 g/mol. The summed E-state index contributed by atoms with van der Waals surface area (Å²) in [5, 5.41) is 4.85. The molecule has 3 aromatic heterocycles. The molecule has 0 aliphatic heterocycles. The third kappa shape index (κ3) is 3.60. The maximum absolute atomic E-state index is 5.11. The highest BCUT2D eigenvalue weighted by atomic mass is 32.1. The van der Waals surface area contributed by atoms with Crippen molar-refractivity contribution in [3.8, 4) is 0 Å². The van der Waals surface area contributed by atoms with Crippen LogP contribution in [0.2, 0.25) is 0 Å². The van der Waals surface area contributed by atoms with Crippen LogP contribution in [0.3, 0.4) is 0 Å². The summed E-state index contributed by atoms with van der Waals surface area (Å²) >= 11 is 1.76. The van der Waals surface area contributed by atoms with Crippen LogP contribution in [0.25, 0.3) is 20.4 Å². The van der Waals surface area contributed by atoms with Gasteiger partial charge in [-0.3, -0.25) is 0 Å². The molecule has 0 aromatic carbocycles. The molecule has 28 heavy (non-hydrogen) atoms. The summed E-state index contributed by atoms with van der Waals surface area (Å²) in [6, 6.07) is 0. The Labute approximate surface area is 171 Å². The molecule has 1 aliphatic carbocycles. The molecule has 0 bridgehead atoms. The molecule has 6 heteroatoms. The number of hydrogen-bond donors (Lipinski definition) is 1. The summed E-state index contributed by atoms with van der Waals surface area (Å²) in [4.78, 5) is 17.9. The number of nitrogens with one attached hydrogen (secondary N) is 1. The standard InChI is InChI=1S/C22H31N5S/c1-4-7-11-17-15-9-8-10-16(15)18-19-20(28-22(18)26-17)21(25-14-24-19)23-12-13-27(5-2)6-3/h14H,4-13H2,1-3H3,(H,23,24,25). The molecule has 150 valence electrons. The Bertz CT molecular complexity index is 961. The molecule has 0 unspecified atom stereocenters. The monoisotopic (exact) mass is 397 g/mol. The Morgan fingerprint density at radius 1 is 1.11 bits per heavy atom. The lowest BCUT2D eigenvalue weighted by Crippen LogP contribution is -2.28. The summed E-state index contributed by atoms with van der Waals surface area (Å²) in [7, 11) is 0. The van der Waals surface area contributed by atoms with Crippen molar-refractivity contribution in [3.05, 3.63) is 23.1 Å². The average molecular weight is 398 g/mol. The molecule has 0 amide bonds. The van der Waals surface area contributed by atoms with Crippen LogP contribution in [0, 0.1) is 0 Å². The number of likely N-dealkylation sites (N-methyl/N-ethyl adjacent to an activating group) is 1. The van der Waals surface area contributed by atoms with Crippen molar-refractivity contribution in [1.82, 2.24) is 19.9 Å². The van der Waals surface area contributed by atoms with Crippen LogP contribution in [0.15, 0.2) is 6.33 Å². The second kappa shape index (κ2) is 8.70. The van der Waals surface area contributed by atoms with Crippen LogP contribution in [-0.4, -0.2) is 46.0 Å². The van der Waals surface area contributed by atoms with Gasteiger partial charge in [-0.25, -0.2) is 15.0 Å². The van der Waals surface area contributed by atoms with Gasteiger partial charge in [-0.15, -0.1) is 11.3 Å². The van der Waals surface area contributed by atoms with E-state index in [1.165, 1.54) is 47.9 Å². The highest BCUT2D eigenvalue weighted by molar-refractivity contribution is 7.26. The topological polar surface area (TPSA) is 53.9 Å². The van der Waals surface area contributed by atoms with Crippen molar-refractivity contribution in [2.45, 2.75) is 59.3 Å². The number of rotatable bonds is 9. The van der Waals surface area contributed by atoms with Crippen LogP contribution < -0.4 is 5.32 Å².